The van der Waals surface area contributed by atoms with Crippen LogP contribution in [0.4, 0.5) is 0 Å². The van der Waals surface area contributed by atoms with Gasteiger partial charge < -0.3 is 5.73 Å². The maximum Gasteiger partial charge on any atom is 0.188 e. The van der Waals surface area contributed by atoms with Crippen molar-refractivity contribution >= 4 is 23.4 Å². The van der Waals surface area contributed by atoms with Gasteiger partial charge in [0.15, 0.2) is 5.16 Å². The highest BCUT2D eigenvalue weighted by molar-refractivity contribution is 7.99. The van der Waals surface area contributed by atoms with Gasteiger partial charge in [0.2, 0.25) is 0 Å². The van der Waals surface area contributed by atoms with E-state index in [1.807, 2.05) is 18.2 Å². The standard InChI is InChI=1S/C9H9ClN4S/c10-7-2-1-6(4-11)8(3-7)15-9-12-5-13-14-9/h1-3,5H,4,11H2,(H,12,13,14). The van der Waals surface area contributed by atoms with Gasteiger partial charge in [0.25, 0.3) is 0 Å². The predicted molar refractivity (Wildman–Crippen MR) is 59.8 cm³/mol. The average molecular weight is 241 g/mol. The highest BCUT2D eigenvalue weighted by Gasteiger charge is 2.05. The number of aromatic amines is 1. The molecule has 0 radical (unpaired) electrons. The summed E-state index contributed by atoms with van der Waals surface area (Å²) in [6, 6.07) is 5.62. The topological polar surface area (TPSA) is 67.6 Å². The molecule has 1 aromatic carbocycles. The van der Waals surface area contributed by atoms with Crippen LogP contribution in [0.3, 0.4) is 0 Å². The number of hydrogen-bond donors (Lipinski definition) is 2. The second kappa shape index (κ2) is 4.65. The van der Waals surface area contributed by atoms with Crippen molar-refractivity contribution in [3.8, 4) is 0 Å². The first-order chi connectivity index (χ1) is 7.29. The van der Waals surface area contributed by atoms with Crippen molar-refractivity contribution in [2.75, 3.05) is 0 Å². The van der Waals surface area contributed by atoms with E-state index in [-0.39, 0.29) is 0 Å². The molecule has 2 rings (SSSR count). The molecule has 78 valence electrons. The molecule has 0 aliphatic heterocycles. The van der Waals surface area contributed by atoms with Crippen molar-refractivity contribution in [2.45, 2.75) is 16.6 Å². The summed E-state index contributed by atoms with van der Waals surface area (Å²) in [5.74, 6) is 0. The van der Waals surface area contributed by atoms with Crippen LogP contribution in [-0.2, 0) is 6.54 Å². The van der Waals surface area contributed by atoms with Crippen molar-refractivity contribution in [3.05, 3.63) is 35.1 Å². The third-order valence-corrected chi connectivity index (χ3v) is 3.07. The molecule has 0 amide bonds. The molecule has 15 heavy (non-hydrogen) atoms. The Hall–Kier alpha value is -1.04. The molecule has 0 aliphatic rings. The monoisotopic (exact) mass is 240 g/mol. The lowest BCUT2D eigenvalue weighted by atomic mass is 10.2. The predicted octanol–water partition coefficient (Wildman–Crippen LogP) is 2.07. The zero-order valence-electron chi connectivity index (χ0n) is 7.77. The number of rotatable bonds is 3. The fraction of sp³-hybridized carbons (Fsp3) is 0.111. The normalized spacial score (nSPS) is 10.5. The fourth-order valence-corrected chi connectivity index (χ4v) is 2.25. The molecule has 0 saturated heterocycles. The Morgan fingerprint density at radius 3 is 3.00 bits per heavy atom. The second-order valence-corrected chi connectivity index (χ2v) is 4.32. The van der Waals surface area contributed by atoms with Crippen molar-refractivity contribution < 1.29 is 0 Å². The van der Waals surface area contributed by atoms with Crippen molar-refractivity contribution in [1.82, 2.24) is 15.2 Å². The summed E-state index contributed by atoms with van der Waals surface area (Å²) in [6.45, 7) is 0.480. The largest absolute Gasteiger partial charge is 0.326 e. The summed E-state index contributed by atoms with van der Waals surface area (Å²) in [4.78, 5) is 5.03. The molecule has 2 aromatic rings. The van der Waals surface area contributed by atoms with E-state index in [1.54, 1.807) is 0 Å². The van der Waals surface area contributed by atoms with Crippen LogP contribution in [0.5, 0.6) is 0 Å². The number of nitrogens with one attached hydrogen (secondary N) is 1. The Morgan fingerprint density at radius 2 is 2.33 bits per heavy atom. The van der Waals surface area contributed by atoms with Gasteiger partial charge in [0.1, 0.15) is 6.33 Å². The van der Waals surface area contributed by atoms with E-state index in [2.05, 4.69) is 15.2 Å². The van der Waals surface area contributed by atoms with Crippen LogP contribution in [0.25, 0.3) is 0 Å². The van der Waals surface area contributed by atoms with Gasteiger partial charge in [-0.1, -0.05) is 17.7 Å². The van der Waals surface area contributed by atoms with Crippen molar-refractivity contribution in [3.63, 3.8) is 0 Å². The number of benzene rings is 1. The lowest BCUT2D eigenvalue weighted by Gasteiger charge is -2.05. The zero-order valence-corrected chi connectivity index (χ0v) is 9.35. The van der Waals surface area contributed by atoms with Gasteiger partial charge in [-0.25, -0.2) is 4.98 Å². The van der Waals surface area contributed by atoms with Gasteiger partial charge in [-0.3, -0.25) is 5.10 Å². The molecule has 0 spiro atoms. The molecule has 0 bridgehead atoms. The first-order valence-electron chi connectivity index (χ1n) is 4.31. The summed E-state index contributed by atoms with van der Waals surface area (Å²) < 4.78 is 0. The molecule has 3 N–H and O–H groups in total. The Bertz CT molecular complexity index is 443. The van der Waals surface area contributed by atoms with Crippen LogP contribution < -0.4 is 5.73 Å². The Kier molecular flexibility index (Phi) is 3.25. The molecular weight excluding hydrogens is 232 g/mol. The lowest BCUT2D eigenvalue weighted by molar-refractivity contribution is 0.967. The van der Waals surface area contributed by atoms with E-state index in [4.69, 9.17) is 17.3 Å². The number of aromatic nitrogens is 3. The summed E-state index contributed by atoms with van der Waals surface area (Å²) in [5, 5.41) is 7.97. The maximum absolute atomic E-state index is 5.91. The molecule has 4 nitrogen and oxygen atoms in total. The van der Waals surface area contributed by atoms with E-state index >= 15 is 0 Å². The van der Waals surface area contributed by atoms with Gasteiger partial charge in [-0.15, -0.1) is 0 Å². The number of hydrogen-bond acceptors (Lipinski definition) is 4. The molecule has 0 fully saturated rings. The Labute approximate surface area is 96.2 Å². The van der Waals surface area contributed by atoms with Crippen LogP contribution in [0.2, 0.25) is 5.02 Å². The lowest BCUT2D eigenvalue weighted by Crippen LogP contribution is -1.98. The molecular formula is C9H9ClN4S. The highest BCUT2D eigenvalue weighted by atomic mass is 35.5. The molecule has 0 saturated carbocycles. The molecule has 0 atom stereocenters. The van der Waals surface area contributed by atoms with E-state index in [9.17, 15) is 0 Å². The van der Waals surface area contributed by atoms with Crippen LogP contribution in [0.15, 0.2) is 34.6 Å². The third kappa shape index (κ3) is 2.50. The molecule has 1 heterocycles. The van der Waals surface area contributed by atoms with Crippen molar-refractivity contribution in [1.29, 1.82) is 0 Å². The van der Waals surface area contributed by atoms with E-state index in [1.165, 1.54) is 18.1 Å². The van der Waals surface area contributed by atoms with Crippen molar-refractivity contribution in [2.24, 2.45) is 5.73 Å². The maximum atomic E-state index is 5.91. The first kappa shape index (κ1) is 10.5. The summed E-state index contributed by atoms with van der Waals surface area (Å²) >= 11 is 7.38. The van der Waals surface area contributed by atoms with Gasteiger partial charge >= 0.3 is 0 Å². The summed E-state index contributed by atoms with van der Waals surface area (Å²) in [6.07, 6.45) is 1.47. The highest BCUT2D eigenvalue weighted by Crippen LogP contribution is 2.29. The molecule has 0 unspecified atom stereocenters. The van der Waals surface area contributed by atoms with Crippen LogP contribution in [0, 0.1) is 0 Å². The van der Waals surface area contributed by atoms with Crippen LogP contribution in [0.1, 0.15) is 5.56 Å². The number of nitrogens with two attached hydrogens (primary N) is 1. The van der Waals surface area contributed by atoms with Gasteiger partial charge in [-0.05, 0) is 29.5 Å². The van der Waals surface area contributed by atoms with E-state index in [0.717, 1.165) is 15.6 Å². The second-order valence-electron chi connectivity index (χ2n) is 2.85. The number of nitrogens with zero attached hydrogens (tertiary/aromatic N) is 2. The molecule has 0 aliphatic carbocycles. The van der Waals surface area contributed by atoms with Crippen LogP contribution >= 0.6 is 23.4 Å². The minimum atomic E-state index is 0.480. The third-order valence-electron chi connectivity index (χ3n) is 1.85. The summed E-state index contributed by atoms with van der Waals surface area (Å²) in [7, 11) is 0. The first-order valence-corrected chi connectivity index (χ1v) is 5.51. The van der Waals surface area contributed by atoms with E-state index in [0.29, 0.717) is 11.6 Å². The SMILES string of the molecule is NCc1ccc(Cl)cc1Sc1ncn[nH]1. The molecule has 1 aromatic heterocycles. The Balaban J connectivity index is 2.30. The quantitative estimate of drug-likeness (QED) is 0.862. The average Bonchev–Trinajstić information content (AvgIpc) is 2.71. The van der Waals surface area contributed by atoms with E-state index < -0.39 is 0 Å². The zero-order chi connectivity index (χ0) is 10.7. The van der Waals surface area contributed by atoms with Gasteiger partial charge in [0.05, 0.1) is 0 Å². The summed E-state index contributed by atoms with van der Waals surface area (Å²) in [5.41, 5.74) is 6.67. The fourth-order valence-electron chi connectivity index (χ4n) is 1.14. The van der Waals surface area contributed by atoms with Gasteiger partial charge in [0, 0.05) is 16.5 Å². The van der Waals surface area contributed by atoms with Crippen LogP contribution in [-0.4, -0.2) is 15.2 Å². The minimum absolute atomic E-state index is 0.480. The number of halogens is 1. The molecule has 6 heteroatoms. The number of H-pyrrole nitrogens is 1. The van der Waals surface area contributed by atoms with Gasteiger partial charge in [-0.2, -0.15) is 5.10 Å². The Morgan fingerprint density at radius 1 is 1.47 bits per heavy atom. The minimum Gasteiger partial charge on any atom is -0.326 e. The smallest absolute Gasteiger partial charge is 0.188 e.